The zero-order chi connectivity index (χ0) is 14.0. The topological polar surface area (TPSA) is 72.2 Å². The molecule has 0 aliphatic rings. The van der Waals surface area contributed by atoms with E-state index in [1.54, 1.807) is 36.4 Å². The summed E-state index contributed by atoms with van der Waals surface area (Å²) < 4.78 is 27.1. The Hall–Kier alpha value is -2.01. The lowest BCUT2D eigenvalue weighted by molar-refractivity contribution is 0.601. The van der Waals surface area contributed by atoms with Crippen molar-refractivity contribution < 1.29 is 8.42 Å². The van der Waals surface area contributed by atoms with Crippen LogP contribution in [-0.4, -0.2) is 8.42 Å². The molecule has 0 fully saturated rings. The largest absolute Gasteiger partial charge is 0.399 e. The Morgan fingerprint density at radius 2 is 1.79 bits per heavy atom. The average molecular weight is 276 g/mol. The Morgan fingerprint density at radius 1 is 1.05 bits per heavy atom. The molecule has 0 atom stereocenters. The van der Waals surface area contributed by atoms with Gasteiger partial charge >= 0.3 is 0 Å². The number of aryl methyl sites for hydroxylation is 2. The maximum absolute atomic E-state index is 12.2. The molecule has 0 bridgehead atoms. The van der Waals surface area contributed by atoms with E-state index in [9.17, 15) is 8.42 Å². The van der Waals surface area contributed by atoms with Gasteiger partial charge in [-0.2, -0.15) is 0 Å². The summed E-state index contributed by atoms with van der Waals surface area (Å²) >= 11 is 0. The number of anilines is 2. The predicted molar refractivity (Wildman–Crippen MR) is 77.6 cm³/mol. The summed E-state index contributed by atoms with van der Waals surface area (Å²) in [7, 11) is -3.56. The first-order valence-corrected chi connectivity index (χ1v) is 7.32. The zero-order valence-electron chi connectivity index (χ0n) is 10.8. The van der Waals surface area contributed by atoms with Crippen molar-refractivity contribution in [2.75, 3.05) is 10.5 Å². The smallest absolute Gasteiger partial charge is 0.261 e. The highest BCUT2D eigenvalue weighted by Gasteiger charge is 2.15. The first kappa shape index (κ1) is 13.4. The van der Waals surface area contributed by atoms with Crippen LogP contribution in [0.4, 0.5) is 11.4 Å². The summed E-state index contributed by atoms with van der Waals surface area (Å²) in [5.74, 6) is 0. The molecule has 5 heteroatoms. The van der Waals surface area contributed by atoms with Gasteiger partial charge in [0, 0.05) is 5.69 Å². The van der Waals surface area contributed by atoms with E-state index in [1.165, 1.54) is 0 Å². The fourth-order valence-corrected chi connectivity index (χ4v) is 3.02. The van der Waals surface area contributed by atoms with Gasteiger partial charge in [0.25, 0.3) is 10.0 Å². The molecule has 0 unspecified atom stereocenters. The van der Waals surface area contributed by atoms with Crippen LogP contribution in [0.2, 0.25) is 0 Å². The van der Waals surface area contributed by atoms with Crippen molar-refractivity contribution in [1.29, 1.82) is 0 Å². The van der Waals surface area contributed by atoms with Gasteiger partial charge in [-0.05, 0) is 55.3 Å². The van der Waals surface area contributed by atoms with E-state index in [0.29, 0.717) is 11.4 Å². The highest BCUT2D eigenvalue weighted by atomic mass is 32.2. The molecule has 0 spiro atoms. The summed E-state index contributed by atoms with van der Waals surface area (Å²) in [6.07, 6.45) is 0. The van der Waals surface area contributed by atoms with E-state index < -0.39 is 10.0 Å². The van der Waals surface area contributed by atoms with E-state index in [0.717, 1.165) is 11.1 Å². The van der Waals surface area contributed by atoms with Gasteiger partial charge in [-0.15, -0.1) is 0 Å². The monoisotopic (exact) mass is 276 g/mol. The third-order valence-electron chi connectivity index (χ3n) is 2.79. The molecule has 0 aliphatic heterocycles. The van der Waals surface area contributed by atoms with Gasteiger partial charge in [-0.1, -0.05) is 12.1 Å². The van der Waals surface area contributed by atoms with Crippen LogP contribution < -0.4 is 10.5 Å². The minimum absolute atomic E-state index is 0.253. The lowest BCUT2D eigenvalue weighted by atomic mass is 10.2. The highest BCUT2D eigenvalue weighted by Crippen LogP contribution is 2.22. The molecule has 0 saturated carbocycles. The number of rotatable bonds is 3. The van der Waals surface area contributed by atoms with Crippen molar-refractivity contribution in [3.8, 4) is 0 Å². The van der Waals surface area contributed by atoms with Crippen LogP contribution >= 0.6 is 0 Å². The SMILES string of the molecule is Cc1cccc(S(=O)(=O)Nc2ccc(N)cc2C)c1. The Morgan fingerprint density at radius 3 is 2.42 bits per heavy atom. The standard InChI is InChI=1S/C14H16N2O2S/c1-10-4-3-5-13(8-10)19(17,18)16-14-7-6-12(15)9-11(14)2/h3-9,16H,15H2,1-2H3. The summed E-state index contributed by atoms with van der Waals surface area (Å²) in [5, 5.41) is 0. The van der Waals surface area contributed by atoms with Crippen LogP contribution in [0.1, 0.15) is 11.1 Å². The molecule has 19 heavy (non-hydrogen) atoms. The molecular formula is C14H16N2O2S. The third-order valence-corrected chi connectivity index (χ3v) is 4.16. The lowest BCUT2D eigenvalue weighted by Crippen LogP contribution is -2.14. The van der Waals surface area contributed by atoms with Crippen molar-refractivity contribution in [2.24, 2.45) is 0 Å². The molecule has 2 rings (SSSR count). The van der Waals surface area contributed by atoms with Crippen LogP contribution in [0.25, 0.3) is 0 Å². The van der Waals surface area contributed by atoms with Gasteiger partial charge in [0.05, 0.1) is 10.6 Å². The minimum Gasteiger partial charge on any atom is -0.399 e. The van der Waals surface area contributed by atoms with E-state index >= 15 is 0 Å². The number of hydrogen-bond acceptors (Lipinski definition) is 3. The quantitative estimate of drug-likeness (QED) is 0.847. The summed E-state index contributed by atoms with van der Waals surface area (Å²) in [4.78, 5) is 0.253. The molecule has 0 heterocycles. The van der Waals surface area contributed by atoms with Gasteiger partial charge in [0.1, 0.15) is 0 Å². The molecule has 2 aromatic carbocycles. The van der Waals surface area contributed by atoms with Crippen molar-refractivity contribution in [1.82, 2.24) is 0 Å². The Balaban J connectivity index is 2.36. The second-order valence-corrected chi connectivity index (χ2v) is 6.18. The van der Waals surface area contributed by atoms with Crippen LogP contribution in [0.15, 0.2) is 47.4 Å². The maximum atomic E-state index is 12.2. The maximum Gasteiger partial charge on any atom is 0.261 e. The van der Waals surface area contributed by atoms with E-state index in [-0.39, 0.29) is 4.90 Å². The average Bonchev–Trinajstić information content (AvgIpc) is 2.33. The molecular weight excluding hydrogens is 260 g/mol. The minimum atomic E-state index is -3.56. The van der Waals surface area contributed by atoms with Gasteiger partial charge in [-0.3, -0.25) is 4.72 Å². The molecule has 0 radical (unpaired) electrons. The number of nitrogens with one attached hydrogen (secondary N) is 1. The summed E-state index contributed by atoms with van der Waals surface area (Å²) in [6.45, 7) is 3.66. The second kappa shape index (κ2) is 4.93. The first-order chi connectivity index (χ1) is 8.88. The van der Waals surface area contributed by atoms with E-state index in [4.69, 9.17) is 5.73 Å². The second-order valence-electron chi connectivity index (χ2n) is 4.50. The van der Waals surface area contributed by atoms with E-state index in [2.05, 4.69) is 4.72 Å². The Kier molecular flexibility index (Phi) is 3.48. The van der Waals surface area contributed by atoms with Crippen LogP contribution in [0.5, 0.6) is 0 Å². The molecule has 4 nitrogen and oxygen atoms in total. The van der Waals surface area contributed by atoms with Crippen molar-refractivity contribution >= 4 is 21.4 Å². The van der Waals surface area contributed by atoms with Crippen molar-refractivity contribution in [3.63, 3.8) is 0 Å². The van der Waals surface area contributed by atoms with E-state index in [1.807, 2.05) is 19.9 Å². The van der Waals surface area contributed by atoms with Crippen LogP contribution in [0, 0.1) is 13.8 Å². The fraction of sp³-hybridized carbons (Fsp3) is 0.143. The molecule has 3 N–H and O–H groups in total. The van der Waals surface area contributed by atoms with Crippen LogP contribution in [0.3, 0.4) is 0 Å². The molecule has 100 valence electrons. The fourth-order valence-electron chi connectivity index (χ4n) is 1.79. The predicted octanol–water partition coefficient (Wildman–Crippen LogP) is 2.69. The molecule has 0 amide bonds. The molecule has 0 saturated heterocycles. The molecule has 0 aliphatic carbocycles. The van der Waals surface area contributed by atoms with Crippen molar-refractivity contribution in [3.05, 3.63) is 53.6 Å². The number of nitrogens with two attached hydrogens (primary N) is 1. The number of benzene rings is 2. The number of hydrogen-bond donors (Lipinski definition) is 2. The highest BCUT2D eigenvalue weighted by molar-refractivity contribution is 7.92. The first-order valence-electron chi connectivity index (χ1n) is 5.84. The molecule has 0 aromatic heterocycles. The van der Waals surface area contributed by atoms with Gasteiger partial charge < -0.3 is 5.73 Å². The number of nitrogen functional groups attached to an aromatic ring is 1. The Bertz CT molecular complexity index is 709. The lowest BCUT2D eigenvalue weighted by Gasteiger charge is -2.11. The van der Waals surface area contributed by atoms with Gasteiger partial charge in [-0.25, -0.2) is 8.42 Å². The van der Waals surface area contributed by atoms with Crippen molar-refractivity contribution in [2.45, 2.75) is 18.7 Å². The Labute approximate surface area is 113 Å². The summed E-state index contributed by atoms with van der Waals surface area (Å²) in [6, 6.07) is 11.8. The zero-order valence-corrected chi connectivity index (χ0v) is 11.7. The number of sulfonamides is 1. The van der Waals surface area contributed by atoms with Crippen LogP contribution in [-0.2, 0) is 10.0 Å². The summed E-state index contributed by atoms with van der Waals surface area (Å²) in [5.41, 5.74) is 8.48. The third kappa shape index (κ3) is 3.06. The van der Waals surface area contributed by atoms with Gasteiger partial charge in [0.2, 0.25) is 0 Å². The molecule has 2 aromatic rings. The van der Waals surface area contributed by atoms with Gasteiger partial charge in [0.15, 0.2) is 0 Å². The normalized spacial score (nSPS) is 11.3.